The van der Waals surface area contributed by atoms with Crippen molar-refractivity contribution in [3.8, 4) is 11.5 Å². The molecule has 33 heavy (non-hydrogen) atoms. The molecular weight excluding hydrogens is 484 g/mol. The zero-order valence-corrected chi connectivity index (χ0v) is 20.4. The highest BCUT2D eigenvalue weighted by molar-refractivity contribution is 9.10. The Hall–Kier alpha value is -3.32. The van der Waals surface area contributed by atoms with E-state index in [0.717, 1.165) is 5.75 Å². The fourth-order valence-electron chi connectivity index (χ4n) is 3.00. The Morgan fingerprint density at radius 3 is 2.30 bits per heavy atom. The van der Waals surface area contributed by atoms with Crippen molar-refractivity contribution in [1.29, 1.82) is 0 Å². The van der Waals surface area contributed by atoms with E-state index in [2.05, 4.69) is 40.4 Å². The molecule has 7 heteroatoms. The third-order valence-corrected chi connectivity index (χ3v) is 5.23. The van der Waals surface area contributed by atoms with E-state index in [-0.39, 0.29) is 11.8 Å². The average molecular weight is 511 g/mol. The van der Waals surface area contributed by atoms with Crippen LogP contribution < -0.4 is 20.1 Å². The summed E-state index contributed by atoms with van der Waals surface area (Å²) in [6.45, 7) is 7.21. The predicted octanol–water partition coefficient (Wildman–Crippen LogP) is 6.39. The number of hydrogen-bond acceptors (Lipinski definition) is 4. The Kier molecular flexibility index (Phi) is 8.49. The lowest BCUT2D eigenvalue weighted by molar-refractivity contribution is 0.102. The highest BCUT2D eigenvalue weighted by atomic mass is 79.9. The quantitative estimate of drug-likeness (QED) is 0.349. The Morgan fingerprint density at radius 2 is 1.64 bits per heavy atom. The number of nitrogens with one attached hydrogen (secondary N) is 2. The second-order valence-electron chi connectivity index (χ2n) is 7.76. The number of carbonyl (C=O) groups excluding carboxylic acids is 2. The van der Waals surface area contributed by atoms with Crippen LogP contribution in [0.3, 0.4) is 0 Å². The highest BCUT2D eigenvalue weighted by Crippen LogP contribution is 2.27. The van der Waals surface area contributed by atoms with Crippen LogP contribution in [0.2, 0.25) is 0 Å². The number of carbonyl (C=O) groups is 2. The van der Waals surface area contributed by atoms with Crippen molar-refractivity contribution in [2.24, 2.45) is 5.92 Å². The van der Waals surface area contributed by atoms with Gasteiger partial charge in [0.25, 0.3) is 11.8 Å². The molecule has 0 aliphatic carbocycles. The molecule has 0 unspecified atom stereocenters. The Bertz CT molecular complexity index is 1110. The summed E-state index contributed by atoms with van der Waals surface area (Å²) in [5.41, 5.74) is 1.85. The Balaban J connectivity index is 1.71. The first-order valence-corrected chi connectivity index (χ1v) is 11.5. The van der Waals surface area contributed by atoms with Crippen LogP contribution in [-0.4, -0.2) is 25.0 Å². The largest absolute Gasteiger partial charge is 0.494 e. The number of halogens is 1. The summed E-state index contributed by atoms with van der Waals surface area (Å²) in [5.74, 6) is 1.15. The molecule has 0 aromatic heterocycles. The number of hydrogen-bond donors (Lipinski definition) is 2. The summed E-state index contributed by atoms with van der Waals surface area (Å²) in [6.07, 6.45) is 0. The third kappa shape index (κ3) is 6.83. The van der Waals surface area contributed by atoms with Crippen molar-refractivity contribution in [3.63, 3.8) is 0 Å². The van der Waals surface area contributed by atoms with Crippen molar-refractivity contribution >= 4 is 39.1 Å². The normalized spacial score (nSPS) is 10.6. The van der Waals surface area contributed by atoms with Crippen LogP contribution in [0, 0.1) is 5.92 Å². The standard InChI is InChI=1S/C26H27BrN2O4/c1-4-32-20-12-10-19(11-13-20)28-26(31)21-7-5-6-8-23(21)29-25(30)18-9-14-24(22(27)15-18)33-16-17(2)3/h5-15,17H,4,16H2,1-3H3,(H,28,31)(H,29,30). The minimum Gasteiger partial charge on any atom is -0.494 e. The van der Waals surface area contributed by atoms with Crippen molar-refractivity contribution in [2.75, 3.05) is 23.8 Å². The minimum atomic E-state index is -0.326. The first kappa shape index (κ1) is 24.3. The molecule has 0 spiro atoms. The zero-order valence-electron chi connectivity index (χ0n) is 18.9. The van der Waals surface area contributed by atoms with Gasteiger partial charge in [0.15, 0.2) is 0 Å². The molecule has 0 heterocycles. The average Bonchev–Trinajstić information content (AvgIpc) is 2.80. The Labute approximate surface area is 202 Å². The van der Waals surface area contributed by atoms with Gasteiger partial charge >= 0.3 is 0 Å². The molecule has 0 radical (unpaired) electrons. The molecule has 0 atom stereocenters. The van der Waals surface area contributed by atoms with E-state index >= 15 is 0 Å². The topological polar surface area (TPSA) is 76.7 Å². The van der Waals surface area contributed by atoms with Gasteiger partial charge in [0.1, 0.15) is 11.5 Å². The molecule has 0 saturated carbocycles. The minimum absolute atomic E-state index is 0.325. The lowest BCUT2D eigenvalue weighted by atomic mass is 10.1. The van der Waals surface area contributed by atoms with Gasteiger partial charge in [-0.3, -0.25) is 9.59 Å². The van der Waals surface area contributed by atoms with E-state index in [1.807, 2.05) is 6.92 Å². The number of benzene rings is 3. The highest BCUT2D eigenvalue weighted by Gasteiger charge is 2.16. The molecule has 3 aromatic rings. The van der Waals surface area contributed by atoms with Gasteiger partial charge in [-0.2, -0.15) is 0 Å². The number of ether oxygens (including phenoxy) is 2. The monoisotopic (exact) mass is 510 g/mol. The molecule has 0 saturated heterocycles. The van der Waals surface area contributed by atoms with Crippen LogP contribution in [-0.2, 0) is 0 Å². The SMILES string of the molecule is CCOc1ccc(NC(=O)c2ccccc2NC(=O)c2ccc(OCC(C)C)c(Br)c2)cc1. The molecule has 0 aliphatic rings. The molecule has 0 aliphatic heterocycles. The number of para-hydroxylation sites is 1. The third-order valence-electron chi connectivity index (χ3n) is 4.61. The van der Waals surface area contributed by atoms with E-state index in [9.17, 15) is 9.59 Å². The molecule has 3 aromatic carbocycles. The molecule has 0 bridgehead atoms. The van der Waals surface area contributed by atoms with Crippen LogP contribution >= 0.6 is 15.9 Å². The summed E-state index contributed by atoms with van der Waals surface area (Å²) in [6, 6.07) is 19.1. The van der Waals surface area contributed by atoms with Gasteiger partial charge in [-0.1, -0.05) is 26.0 Å². The maximum atomic E-state index is 12.9. The predicted molar refractivity (Wildman–Crippen MR) is 134 cm³/mol. The van der Waals surface area contributed by atoms with Gasteiger partial charge in [0, 0.05) is 11.3 Å². The van der Waals surface area contributed by atoms with Crippen LogP contribution in [0.5, 0.6) is 11.5 Å². The van der Waals surface area contributed by atoms with Crippen LogP contribution in [0.4, 0.5) is 11.4 Å². The van der Waals surface area contributed by atoms with Crippen molar-refractivity contribution in [3.05, 3.63) is 82.3 Å². The van der Waals surface area contributed by atoms with Gasteiger partial charge in [-0.05, 0) is 83.4 Å². The van der Waals surface area contributed by atoms with Crippen molar-refractivity contribution in [2.45, 2.75) is 20.8 Å². The fraction of sp³-hybridized carbons (Fsp3) is 0.231. The molecule has 0 fully saturated rings. The number of amides is 2. The van der Waals surface area contributed by atoms with Crippen molar-refractivity contribution < 1.29 is 19.1 Å². The van der Waals surface area contributed by atoms with Crippen LogP contribution in [0.15, 0.2) is 71.2 Å². The lowest BCUT2D eigenvalue weighted by Gasteiger charge is -2.13. The van der Waals surface area contributed by atoms with E-state index in [1.165, 1.54) is 0 Å². The van der Waals surface area contributed by atoms with Gasteiger partial charge in [-0.25, -0.2) is 0 Å². The maximum Gasteiger partial charge on any atom is 0.257 e. The van der Waals surface area contributed by atoms with E-state index in [4.69, 9.17) is 9.47 Å². The van der Waals surface area contributed by atoms with E-state index in [1.54, 1.807) is 66.7 Å². The first-order chi connectivity index (χ1) is 15.9. The Morgan fingerprint density at radius 1 is 0.909 bits per heavy atom. The van der Waals surface area contributed by atoms with Gasteiger partial charge in [0.05, 0.1) is 28.9 Å². The molecule has 172 valence electrons. The van der Waals surface area contributed by atoms with E-state index < -0.39 is 0 Å². The van der Waals surface area contributed by atoms with Crippen LogP contribution in [0.1, 0.15) is 41.5 Å². The lowest BCUT2D eigenvalue weighted by Crippen LogP contribution is -2.18. The summed E-state index contributed by atoms with van der Waals surface area (Å²) < 4.78 is 11.9. The van der Waals surface area contributed by atoms with Gasteiger partial charge < -0.3 is 20.1 Å². The second kappa shape index (κ2) is 11.5. The molecule has 2 amide bonds. The second-order valence-corrected chi connectivity index (χ2v) is 8.62. The molecule has 6 nitrogen and oxygen atoms in total. The van der Waals surface area contributed by atoms with Gasteiger partial charge in [-0.15, -0.1) is 0 Å². The van der Waals surface area contributed by atoms with Crippen molar-refractivity contribution in [1.82, 2.24) is 0 Å². The number of rotatable bonds is 9. The van der Waals surface area contributed by atoms with Crippen LogP contribution in [0.25, 0.3) is 0 Å². The summed E-state index contributed by atoms with van der Waals surface area (Å²) in [7, 11) is 0. The number of anilines is 2. The first-order valence-electron chi connectivity index (χ1n) is 10.7. The summed E-state index contributed by atoms with van der Waals surface area (Å²) >= 11 is 3.46. The maximum absolute atomic E-state index is 12.9. The molecular formula is C26H27BrN2O4. The molecule has 2 N–H and O–H groups in total. The zero-order chi connectivity index (χ0) is 23.8. The van der Waals surface area contributed by atoms with E-state index in [0.29, 0.717) is 51.9 Å². The summed E-state index contributed by atoms with van der Waals surface area (Å²) in [5, 5.41) is 5.69. The summed E-state index contributed by atoms with van der Waals surface area (Å²) in [4.78, 5) is 25.7. The molecule has 3 rings (SSSR count). The fourth-order valence-corrected chi connectivity index (χ4v) is 3.49. The van der Waals surface area contributed by atoms with Gasteiger partial charge in [0.2, 0.25) is 0 Å². The smallest absolute Gasteiger partial charge is 0.257 e.